The van der Waals surface area contributed by atoms with Crippen LogP contribution in [0.5, 0.6) is 0 Å². The maximum atomic E-state index is 13.4. The Balaban J connectivity index is 2.35. The molecule has 0 bridgehead atoms. The van der Waals surface area contributed by atoms with Crippen molar-refractivity contribution in [3.63, 3.8) is 0 Å². The molecule has 3 heteroatoms. The molecule has 1 atom stereocenters. The number of pyridine rings is 1. The van der Waals surface area contributed by atoms with Crippen LogP contribution in [0.1, 0.15) is 36.1 Å². The summed E-state index contributed by atoms with van der Waals surface area (Å²) in [5, 5.41) is 3.45. The minimum atomic E-state index is -0.207. The lowest BCUT2D eigenvalue weighted by Gasteiger charge is -2.19. The van der Waals surface area contributed by atoms with E-state index in [2.05, 4.69) is 23.3 Å². The van der Waals surface area contributed by atoms with E-state index in [-0.39, 0.29) is 11.9 Å². The molecule has 2 aromatic rings. The van der Waals surface area contributed by atoms with Crippen LogP contribution in [0.15, 0.2) is 42.7 Å². The number of aromatic nitrogens is 1. The van der Waals surface area contributed by atoms with E-state index in [0.717, 1.165) is 29.7 Å². The van der Waals surface area contributed by atoms with E-state index in [1.54, 1.807) is 12.1 Å². The normalized spacial score (nSPS) is 12.4. The highest BCUT2D eigenvalue weighted by Crippen LogP contribution is 2.22. The smallest absolute Gasteiger partial charge is 0.123 e. The third kappa shape index (κ3) is 3.61. The van der Waals surface area contributed by atoms with Crippen molar-refractivity contribution in [2.24, 2.45) is 0 Å². The number of nitrogens with one attached hydrogen (secondary N) is 1. The van der Waals surface area contributed by atoms with Crippen LogP contribution in [0.4, 0.5) is 4.39 Å². The van der Waals surface area contributed by atoms with Gasteiger partial charge in [0.25, 0.3) is 0 Å². The van der Waals surface area contributed by atoms with Gasteiger partial charge in [-0.1, -0.05) is 25.1 Å². The van der Waals surface area contributed by atoms with Gasteiger partial charge in [0, 0.05) is 12.4 Å². The Bertz CT molecular complexity index is 494. The van der Waals surface area contributed by atoms with Crippen molar-refractivity contribution in [3.8, 4) is 0 Å². The SMILES string of the molecule is CCCNC(c1cncc(C)c1)c1cccc(F)c1. The average Bonchev–Trinajstić information content (AvgIpc) is 2.39. The van der Waals surface area contributed by atoms with E-state index in [0.29, 0.717) is 0 Å². The molecule has 1 aromatic heterocycles. The molecule has 0 radical (unpaired) electrons. The van der Waals surface area contributed by atoms with Crippen molar-refractivity contribution >= 4 is 0 Å². The molecule has 0 aliphatic carbocycles. The van der Waals surface area contributed by atoms with Crippen LogP contribution < -0.4 is 5.32 Å². The Hall–Kier alpha value is -1.74. The molecule has 1 unspecified atom stereocenters. The number of nitrogens with zero attached hydrogens (tertiary/aromatic N) is 1. The second-order valence-corrected chi connectivity index (χ2v) is 4.74. The fourth-order valence-electron chi connectivity index (χ4n) is 2.14. The van der Waals surface area contributed by atoms with Crippen LogP contribution in [0.3, 0.4) is 0 Å². The predicted octanol–water partition coefficient (Wildman–Crippen LogP) is 3.62. The Morgan fingerprint density at radius 2 is 2.05 bits per heavy atom. The predicted molar refractivity (Wildman–Crippen MR) is 75.5 cm³/mol. The summed E-state index contributed by atoms with van der Waals surface area (Å²) < 4.78 is 13.4. The van der Waals surface area contributed by atoms with E-state index < -0.39 is 0 Å². The van der Waals surface area contributed by atoms with Crippen LogP contribution in [-0.4, -0.2) is 11.5 Å². The molecule has 100 valence electrons. The van der Waals surface area contributed by atoms with Crippen molar-refractivity contribution in [3.05, 3.63) is 65.2 Å². The van der Waals surface area contributed by atoms with Gasteiger partial charge >= 0.3 is 0 Å². The minimum Gasteiger partial charge on any atom is -0.306 e. The van der Waals surface area contributed by atoms with Crippen molar-refractivity contribution in [2.45, 2.75) is 26.3 Å². The summed E-state index contributed by atoms with van der Waals surface area (Å²) in [6, 6.07) is 8.81. The second-order valence-electron chi connectivity index (χ2n) is 4.74. The van der Waals surface area contributed by atoms with Gasteiger partial charge in [-0.3, -0.25) is 4.98 Å². The Kier molecular flexibility index (Phi) is 4.63. The molecule has 19 heavy (non-hydrogen) atoms. The van der Waals surface area contributed by atoms with Crippen LogP contribution in [0.25, 0.3) is 0 Å². The maximum Gasteiger partial charge on any atom is 0.123 e. The third-order valence-corrected chi connectivity index (χ3v) is 3.01. The molecular weight excluding hydrogens is 239 g/mol. The first-order valence-corrected chi connectivity index (χ1v) is 6.61. The molecule has 2 nitrogen and oxygen atoms in total. The average molecular weight is 258 g/mol. The highest BCUT2D eigenvalue weighted by Gasteiger charge is 2.14. The fourth-order valence-corrected chi connectivity index (χ4v) is 2.14. The van der Waals surface area contributed by atoms with Gasteiger partial charge in [0.15, 0.2) is 0 Å². The second kappa shape index (κ2) is 6.43. The first kappa shape index (κ1) is 13.7. The fraction of sp³-hybridized carbons (Fsp3) is 0.312. The van der Waals surface area contributed by atoms with Gasteiger partial charge in [-0.05, 0) is 48.7 Å². The first-order valence-electron chi connectivity index (χ1n) is 6.61. The van der Waals surface area contributed by atoms with E-state index >= 15 is 0 Å². The molecule has 0 aliphatic heterocycles. The zero-order valence-electron chi connectivity index (χ0n) is 11.4. The zero-order chi connectivity index (χ0) is 13.7. The zero-order valence-corrected chi connectivity index (χ0v) is 11.4. The molecule has 0 saturated carbocycles. The molecule has 0 fully saturated rings. The summed E-state index contributed by atoms with van der Waals surface area (Å²) >= 11 is 0. The standard InChI is InChI=1S/C16H19FN2/c1-3-7-19-16(13-5-4-6-15(17)9-13)14-8-12(2)10-18-11-14/h4-6,8-11,16,19H,3,7H2,1-2H3. The van der Waals surface area contributed by atoms with Gasteiger partial charge < -0.3 is 5.32 Å². The van der Waals surface area contributed by atoms with E-state index in [1.807, 2.05) is 25.4 Å². The van der Waals surface area contributed by atoms with Gasteiger partial charge in [0.2, 0.25) is 0 Å². The molecule has 1 N–H and O–H groups in total. The highest BCUT2D eigenvalue weighted by molar-refractivity contribution is 5.32. The van der Waals surface area contributed by atoms with Crippen molar-refractivity contribution in [2.75, 3.05) is 6.54 Å². The number of aryl methyl sites for hydroxylation is 1. The van der Waals surface area contributed by atoms with Gasteiger partial charge in [0.1, 0.15) is 5.82 Å². The van der Waals surface area contributed by atoms with Crippen LogP contribution in [0.2, 0.25) is 0 Å². The summed E-state index contributed by atoms with van der Waals surface area (Å²) in [6.07, 6.45) is 4.70. The summed E-state index contributed by atoms with van der Waals surface area (Å²) in [5.41, 5.74) is 3.11. The van der Waals surface area contributed by atoms with E-state index in [9.17, 15) is 4.39 Å². The van der Waals surface area contributed by atoms with Crippen LogP contribution in [-0.2, 0) is 0 Å². The molecular formula is C16H19FN2. The van der Waals surface area contributed by atoms with Crippen molar-refractivity contribution < 1.29 is 4.39 Å². The number of benzene rings is 1. The third-order valence-electron chi connectivity index (χ3n) is 3.01. The van der Waals surface area contributed by atoms with Gasteiger partial charge in [-0.25, -0.2) is 4.39 Å². The van der Waals surface area contributed by atoms with E-state index in [4.69, 9.17) is 0 Å². The van der Waals surface area contributed by atoms with E-state index in [1.165, 1.54) is 6.07 Å². The van der Waals surface area contributed by atoms with Crippen molar-refractivity contribution in [1.29, 1.82) is 0 Å². The summed E-state index contributed by atoms with van der Waals surface area (Å²) in [5.74, 6) is -0.207. The monoisotopic (exact) mass is 258 g/mol. The Morgan fingerprint density at radius 3 is 2.74 bits per heavy atom. The quantitative estimate of drug-likeness (QED) is 0.886. The number of rotatable bonds is 5. The van der Waals surface area contributed by atoms with Gasteiger partial charge in [-0.2, -0.15) is 0 Å². The number of hydrogen-bond acceptors (Lipinski definition) is 2. The summed E-state index contributed by atoms with van der Waals surface area (Å²) in [6.45, 7) is 5.01. The first-order chi connectivity index (χ1) is 9.20. The summed E-state index contributed by atoms with van der Waals surface area (Å²) in [4.78, 5) is 4.23. The molecule has 0 saturated heterocycles. The van der Waals surface area contributed by atoms with Crippen molar-refractivity contribution in [1.82, 2.24) is 10.3 Å². The molecule has 1 heterocycles. The molecule has 0 spiro atoms. The Morgan fingerprint density at radius 1 is 1.21 bits per heavy atom. The Labute approximate surface area is 113 Å². The molecule has 0 aliphatic rings. The van der Waals surface area contributed by atoms with Gasteiger partial charge in [0.05, 0.1) is 6.04 Å². The lowest BCUT2D eigenvalue weighted by atomic mass is 9.99. The molecule has 1 aromatic carbocycles. The number of halogens is 1. The minimum absolute atomic E-state index is 0.0111. The summed E-state index contributed by atoms with van der Waals surface area (Å²) in [7, 11) is 0. The maximum absolute atomic E-state index is 13.4. The molecule has 2 rings (SSSR count). The topological polar surface area (TPSA) is 24.9 Å². The van der Waals surface area contributed by atoms with Crippen LogP contribution >= 0.6 is 0 Å². The van der Waals surface area contributed by atoms with Crippen LogP contribution in [0, 0.1) is 12.7 Å². The lowest BCUT2D eigenvalue weighted by Crippen LogP contribution is -2.23. The lowest BCUT2D eigenvalue weighted by molar-refractivity contribution is 0.584. The highest BCUT2D eigenvalue weighted by atomic mass is 19.1. The number of hydrogen-bond donors (Lipinski definition) is 1. The van der Waals surface area contributed by atoms with Gasteiger partial charge in [-0.15, -0.1) is 0 Å². The largest absolute Gasteiger partial charge is 0.306 e. The molecule has 0 amide bonds.